The molecule has 32 heavy (non-hydrogen) atoms. The number of rotatable bonds is 23. The van der Waals surface area contributed by atoms with Gasteiger partial charge in [0.1, 0.15) is 0 Å². The largest absolute Gasteiger partial charge is 0.590 e. The number of hydrogen-bond acceptors (Lipinski definition) is 2. The predicted octanol–water partition coefficient (Wildman–Crippen LogP) is 8.89. The molecule has 2 atom stereocenters. The van der Waals surface area contributed by atoms with Gasteiger partial charge < -0.3 is 4.89 Å². The number of allylic oxidation sites excluding steroid dienone is 2. The highest BCUT2D eigenvalue weighted by molar-refractivity contribution is 7.38. The van der Waals surface area contributed by atoms with Crippen LogP contribution in [-0.2, 0) is 4.57 Å². The van der Waals surface area contributed by atoms with Crippen LogP contribution in [0.4, 0.5) is 0 Å². The average molecular weight is 471 g/mol. The Morgan fingerprint density at radius 2 is 1.03 bits per heavy atom. The van der Waals surface area contributed by atoms with E-state index in [9.17, 15) is 9.46 Å². The van der Waals surface area contributed by atoms with Gasteiger partial charge in [0.25, 0.3) is 5.28 Å². The molecule has 0 aliphatic carbocycles. The van der Waals surface area contributed by atoms with Gasteiger partial charge >= 0.3 is 8.03 Å². The van der Waals surface area contributed by atoms with Crippen LogP contribution in [0, 0.1) is 0 Å². The van der Waals surface area contributed by atoms with Crippen molar-refractivity contribution in [3.8, 4) is 0 Å². The lowest BCUT2D eigenvalue weighted by Crippen LogP contribution is -2.55. The maximum absolute atomic E-state index is 12.1. The highest BCUT2D eigenvalue weighted by Crippen LogP contribution is 2.45. The number of nitrogens with zero attached hydrogens (tertiary/aromatic N) is 1. The lowest BCUT2D eigenvalue weighted by atomic mass is 9.99. The minimum Gasteiger partial charge on any atom is -0.590 e. The summed E-state index contributed by atoms with van der Waals surface area (Å²) in [5.74, 6) is 0. The molecular weight excluding hydrogens is 413 g/mol. The van der Waals surface area contributed by atoms with E-state index in [0.717, 1.165) is 25.7 Å². The summed E-state index contributed by atoms with van der Waals surface area (Å²) in [4.78, 5) is 12.1. The topological polar surface area (TPSA) is 40.1 Å². The number of quaternary nitrogens is 1. The quantitative estimate of drug-likeness (QED) is 0.0647. The van der Waals surface area contributed by atoms with E-state index >= 15 is 0 Å². The predicted molar refractivity (Wildman–Crippen MR) is 141 cm³/mol. The molecule has 0 saturated heterocycles. The minimum absolute atomic E-state index is 0.523. The Labute approximate surface area is 202 Å². The van der Waals surface area contributed by atoms with Crippen LogP contribution in [0.5, 0.6) is 0 Å². The van der Waals surface area contributed by atoms with Crippen LogP contribution in [0.25, 0.3) is 0 Å². The molecule has 190 valence electrons. The Kier molecular flexibility index (Phi) is 20.0. The molecule has 0 rings (SSSR count). The van der Waals surface area contributed by atoms with E-state index in [-0.39, 0.29) is 0 Å². The first kappa shape index (κ1) is 31.8. The molecule has 3 nitrogen and oxygen atoms in total. The Morgan fingerprint density at radius 1 is 0.625 bits per heavy atom. The Morgan fingerprint density at radius 3 is 1.41 bits per heavy atom. The van der Waals surface area contributed by atoms with E-state index in [4.69, 9.17) is 0 Å². The summed E-state index contributed by atoms with van der Waals surface area (Å²) in [6.07, 6.45) is 29.6. The molecule has 4 heteroatoms. The summed E-state index contributed by atoms with van der Waals surface area (Å²) in [6, 6.07) is 0. The second-order valence-corrected chi connectivity index (χ2v) is 12.1. The molecule has 2 unspecified atom stereocenters. The Hall–Kier alpha value is -0.240. The highest BCUT2D eigenvalue weighted by Gasteiger charge is 2.53. The minimum atomic E-state index is -2.42. The van der Waals surface area contributed by atoms with Crippen molar-refractivity contribution in [3.05, 3.63) is 12.2 Å². The molecule has 0 aromatic rings. The normalized spacial score (nSPS) is 14.8. The van der Waals surface area contributed by atoms with Crippen molar-refractivity contribution in [2.75, 3.05) is 21.1 Å². The summed E-state index contributed by atoms with van der Waals surface area (Å²) in [5.41, 5.74) is 0. The molecule has 0 amide bonds. The van der Waals surface area contributed by atoms with Crippen molar-refractivity contribution >= 4 is 8.03 Å². The first-order valence-corrected chi connectivity index (χ1v) is 15.1. The van der Waals surface area contributed by atoms with E-state index in [1.807, 2.05) is 21.1 Å². The average Bonchev–Trinajstić information content (AvgIpc) is 2.73. The van der Waals surface area contributed by atoms with E-state index in [1.54, 1.807) is 0 Å². The fraction of sp³-hybridized carbons (Fsp3) is 0.929. The van der Waals surface area contributed by atoms with Crippen molar-refractivity contribution in [1.82, 2.24) is 0 Å². The fourth-order valence-corrected chi connectivity index (χ4v) is 6.05. The third kappa shape index (κ3) is 14.8. The Bertz CT molecular complexity index is 473. The van der Waals surface area contributed by atoms with Crippen LogP contribution >= 0.6 is 8.03 Å². The lowest BCUT2D eigenvalue weighted by molar-refractivity contribution is -0.910. The standard InChI is InChI=1S/C28H57NO2P/c1-6-8-9-10-11-12-13-14-15-16-17-18-19-20-21-22-23-24-25-27-28(26-7-2,32(30)31)29(3,4)5/h11-12H,6-10,13-27H2,1-5H3/q+1. The van der Waals surface area contributed by atoms with Gasteiger partial charge in [0.05, 0.1) is 21.1 Å². The molecule has 0 aliphatic heterocycles. The molecule has 0 heterocycles. The van der Waals surface area contributed by atoms with Crippen molar-refractivity contribution in [1.29, 1.82) is 0 Å². The van der Waals surface area contributed by atoms with E-state index in [0.29, 0.717) is 4.48 Å². The van der Waals surface area contributed by atoms with Gasteiger partial charge in [0.2, 0.25) is 0 Å². The maximum Gasteiger partial charge on any atom is 0.376 e. The van der Waals surface area contributed by atoms with Crippen molar-refractivity contribution in [2.24, 2.45) is 0 Å². The molecule has 0 spiro atoms. The summed E-state index contributed by atoms with van der Waals surface area (Å²) < 4.78 is 12.6. The van der Waals surface area contributed by atoms with Crippen molar-refractivity contribution in [2.45, 2.75) is 148 Å². The van der Waals surface area contributed by atoms with Crippen LogP contribution in [0.2, 0.25) is 0 Å². The maximum atomic E-state index is 12.1. The van der Waals surface area contributed by atoms with Gasteiger partial charge in [-0.25, -0.2) is 0 Å². The van der Waals surface area contributed by atoms with Gasteiger partial charge in [-0.15, -0.1) is 0 Å². The van der Waals surface area contributed by atoms with Crippen LogP contribution < -0.4 is 4.89 Å². The second-order valence-electron chi connectivity index (χ2n) is 10.8. The number of hydrogen-bond donors (Lipinski definition) is 0. The van der Waals surface area contributed by atoms with Crippen LogP contribution in [-0.4, -0.2) is 30.9 Å². The van der Waals surface area contributed by atoms with Crippen LogP contribution in [0.3, 0.4) is 0 Å². The molecule has 0 N–H and O–H groups in total. The summed E-state index contributed by atoms with van der Waals surface area (Å²) >= 11 is 0. The van der Waals surface area contributed by atoms with Gasteiger partial charge in [0.15, 0.2) is 0 Å². The molecule has 0 aromatic carbocycles. The van der Waals surface area contributed by atoms with E-state index in [1.165, 1.54) is 103 Å². The summed E-state index contributed by atoms with van der Waals surface area (Å²) in [7, 11) is 3.69. The first-order valence-electron chi connectivity index (χ1n) is 13.9. The zero-order chi connectivity index (χ0) is 24.1. The fourth-order valence-electron chi connectivity index (χ4n) is 4.81. The monoisotopic (exact) mass is 470 g/mol. The van der Waals surface area contributed by atoms with Crippen LogP contribution in [0.1, 0.15) is 142 Å². The molecular formula is C28H57NO2P+. The van der Waals surface area contributed by atoms with Gasteiger partial charge in [-0.05, 0) is 38.5 Å². The molecule has 0 fully saturated rings. The Balaban J connectivity index is 3.60. The van der Waals surface area contributed by atoms with Crippen molar-refractivity contribution < 1.29 is 13.9 Å². The van der Waals surface area contributed by atoms with Gasteiger partial charge in [-0.1, -0.05) is 108 Å². The SMILES string of the molecule is CCCCCC=CCCCCCCCCCCCCCCC(CCC)([P+](=O)[O-])[N+](C)(C)C. The molecule has 0 saturated carbocycles. The van der Waals surface area contributed by atoms with Crippen molar-refractivity contribution in [3.63, 3.8) is 0 Å². The molecule has 0 aliphatic rings. The highest BCUT2D eigenvalue weighted by atomic mass is 31.1. The summed E-state index contributed by atoms with van der Waals surface area (Å²) in [5, 5.41) is -0.588. The zero-order valence-electron chi connectivity index (χ0n) is 22.5. The second kappa shape index (κ2) is 20.2. The zero-order valence-corrected chi connectivity index (χ0v) is 23.4. The molecule has 0 aromatic heterocycles. The lowest BCUT2D eigenvalue weighted by Gasteiger charge is -2.39. The van der Waals surface area contributed by atoms with Gasteiger partial charge in [0, 0.05) is 12.8 Å². The third-order valence-electron chi connectivity index (χ3n) is 7.08. The number of unbranched alkanes of at least 4 members (excludes halogenated alkanes) is 15. The summed E-state index contributed by atoms with van der Waals surface area (Å²) in [6.45, 7) is 4.36. The molecule has 0 radical (unpaired) electrons. The smallest absolute Gasteiger partial charge is 0.376 e. The van der Waals surface area contributed by atoms with E-state index < -0.39 is 13.3 Å². The third-order valence-corrected chi connectivity index (χ3v) is 8.80. The van der Waals surface area contributed by atoms with Gasteiger partial charge in [-0.3, -0.25) is 4.48 Å². The first-order chi connectivity index (χ1) is 15.3. The van der Waals surface area contributed by atoms with E-state index in [2.05, 4.69) is 26.0 Å². The van der Waals surface area contributed by atoms with Gasteiger partial charge in [-0.2, -0.15) is 0 Å². The molecule has 0 bridgehead atoms. The van der Waals surface area contributed by atoms with Crippen LogP contribution in [0.15, 0.2) is 12.2 Å².